The van der Waals surface area contributed by atoms with Crippen molar-refractivity contribution in [3.8, 4) is 0 Å². The number of rotatable bonds is 1. The number of aromatic amines is 1. The molecule has 0 saturated heterocycles. The van der Waals surface area contributed by atoms with Crippen molar-refractivity contribution in [2.24, 2.45) is 0 Å². The number of hydrogen-bond acceptors (Lipinski definition) is 3. The van der Waals surface area contributed by atoms with Crippen LogP contribution in [0.15, 0.2) is 6.20 Å². The average molecular weight is 150 g/mol. The number of hydrogen-bond donors (Lipinski definition) is 2. The number of aromatic carboxylic acids is 1. The van der Waals surface area contributed by atoms with Gasteiger partial charge in [0, 0.05) is 0 Å². The third kappa shape index (κ3) is 1.69. The fraction of sp³-hybridized carbons (Fsp3) is 0. The van der Waals surface area contributed by atoms with Crippen LogP contribution in [0, 0.1) is 0 Å². The highest BCUT2D eigenvalue weighted by Crippen LogP contribution is 1.84. The zero-order valence-corrected chi connectivity index (χ0v) is 5.05. The molecule has 1 heterocycles. The summed E-state index contributed by atoms with van der Waals surface area (Å²) in [4.78, 5) is 9.94. The summed E-state index contributed by atoms with van der Waals surface area (Å²) >= 11 is 0. The molecule has 1 aromatic heterocycles. The second kappa shape index (κ2) is 3.03. The zero-order chi connectivity index (χ0) is 5.98. The first-order valence-corrected chi connectivity index (χ1v) is 1.90. The number of carboxylic acid groups (broad SMARTS) is 1. The highest BCUT2D eigenvalue weighted by atomic mass is 35.5. The number of carboxylic acids is 1. The molecule has 5 nitrogen and oxygen atoms in total. The number of halogens is 1. The molecule has 1 rings (SSSR count). The van der Waals surface area contributed by atoms with Gasteiger partial charge in [0.15, 0.2) is 5.69 Å². The summed E-state index contributed by atoms with van der Waals surface area (Å²) in [6, 6.07) is 0. The second-order valence-electron chi connectivity index (χ2n) is 1.16. The molecule has 0 bridgehead atoms. The monoisotopic (exact) mass is 149 g/mol. The Labute approximate surface area is 56.5 Å². The quantitative estimate of drug-likeness (QED) is 0.586. The van der Waals surface area contributed by atoms with Crippen LogP contribution in [0.1, 0.15) is 10.5 Å². The van der Waals surface area contributed by atoms with Crippen molar-refractivity contribution in [3.05, 3.63) is 11.9 Å². The van der Waals surface area contributed by atoms with Gasteiger partial charge >= 0.3 is 5.97 Å². The van der Waals surface area contributed by atoms with Gasteiger partial charge in [-0.3, -0.25) is 5.10 Å². The van der Waals surface area contributed by atoms with Crippen LogP contribution in [0.4, 0.5) is 0 Å². The lowest BCUT2D eigenvalue weighted by Gasteiger charge is -1.75. The third-order valence-corrected chi connectivity index (χ3v) is 0.636. The predicted molar refractivity (Wildman–Crippen MR) is 30.6 cm³/mol. The maximum Gasteiger partial charge on any atom is 0.358 e. The normalized spacial score (nSPS) is 8.00. The maximum atomic E-state index is 9.94. The minimum Gasteiger partial charge on any atom is -0.476 e. The highest BCUT2D eigenvalue weighted by Gasteiger charge is 2.02. The average Bonchev–Trinajstić information content (AvgIpc) is 2.12. The Morgan fingerprint density at radius 1 is 1.78 bits per heavy atom. The largest absolute Gasteiger partial charge is 0.476 e. The van der Waals surface area contributed by atoms with Crippen LogP contribution < -0.4 is 0 Å². The van der Waals surface area contributed by atoms with Crippen molar-refractivity contribution >= 4 is 18.4 Å². The van der Waals surface area contributed by atoms with Gasteiger partial charge in [0.1, 0.15) is 0 Å². The summed E-state index contributed by atoms with van der Waals surface area (Å²) < 4.78 is 0. The molecule has 0 atom stereocenters. The van der Waals surface area contributed by atoms with Gasteiger partial charge in [-0.25, -0.2) is 4.79 Å². The summed E-state index contributed by atoms with van der Waals surface area (Å²) in [6.07, 6.45) is 1.21. The Kier molecular flexibility index (Phi) is 2.66. The van der Waals surface area contributed by atoms with Crippen LogP contribution in [0.5, 0.6) is 0 Å². The molecule has 0 aromatic carbocycles. The molecule has 0 spiro atoms. The first-order valence-electron chi connectivity index (χ1n) is 1.90. The van der Waals surface area contributed by atoms with E-state index in [-0.39, 0.29) is 18.1 Å². The van der Waals surface area contributed by atoms with Crippen molar-refractivity contribution in [3.63, 3.8) is 0 Å². The van der Waals surface area contributed by atoms with Crippen LogP contribution in [-0.2, 0) is 0 Å². The minimum atomic E-state index is -1.07. The molecule has 0 aliphatic carbocycles. The van der Waals surface area contributed by atoms with E-state index in [9.17, 15) is 4.79 Å². The van der Waals surface area contributed by atoms with Crippen LogP contribution in [0.3, 0.4) is 0 Å². The molecular formula is C3H4ClN3O2. The number of nitrogens with one attached hydrogen (secondary N) is 1. The lowest BCUT2D eigenvalue weighted by molar-refractivity contribution is 0.0690. The summed E-state index contributed by atoms with van der Waals surface area (Å²) in [5, 5.41) is 16.8. The molecule has 1 aromatic rings. The van der Waals surface area contributed by atoms with Gasteiger partial charge in [-0.1, -0.05) is 5.21 Å². The van der Waals surface area contributed by atoms with Crippen molar-refractivity contribution in [2.75, 3.05) is 0 Å². The zero-order valence-electron chi connectivity index (χ0n) is 4.24. The van der Waals surface area contributed by atoms with E-state index < -0.39 is 5.97 Å². The van der Waals surface area contributed by atoms with Gasteiger partial charge in [-0.05, 0) is 0 Å². The van der Waals surface area contributed by atoms with Crippen LogP contribution >= 0.6 is 12.4 Å². The maximum absolute atomic E-state index is 9.94. The first-order chi connectivity index (χ1) is 3.80. The molecule has 0 aliphatic heterocycles. The molecule has 0 amide bonds. The number of aromatic nitrogens is 3. The predicted octanol–water partition coefficient (Wildman–Crippen LogP) is -0.0753. The van der Waals surface area contributed by atoms with E-state index in [0.29, 0.717) is 0 Å². The van der Waals surface area contributed by atoms with Crippen LogP contribution in [0.25, 0.3) is 0 Å². The van der Waals surface area contributed by atoms with Crippen molar-refractivity contribution in [2.45, 2.75) is 0 Å². The number of H-pyrrole nitrogens is 1. The second-order valence-corrected chi connectivity index (χ2v) is 1.16. The lowest BCUT2D eigenvalue weighted by atomic mass is 10.5. The smallest absolute Gasteiger partial charge is 0.358 e. The van der Waals surface area contributed by atoms with E-state index in [1.165, 1.54) is 6.20 Å². The highest BCUT2D eigenvalue weighted by molar-refractivity contribution is 5.85. The van der Waals surface area contributed by atoms with Gasteiger partial charge in [0.05, 0.1) is 6.20 Å². The fourth-order valence-electron chi connectivity index (χ4n) is 0.306. The molecule has 6 heteroatoms. The third-order valence-electron chi connectivity index (χ3n) is 0.636. The van der Waals surface area contributed by atoms with E-state index >= 15 is 0 Å². The first kappa shape index (κ1) is 7.90. The Hall–Kier alpha value is -1.10. The van der Waals surface area contributed by atoms with Crippen molar-refractivity contribution in [1.29, 1.82) is 0 Å². The molecule has 0 saturated carbocycles. The van der Waals surface area contributed by atoms with E-state index in [0.717, 1.165) is 0 Å². The molecular weight excluding hydrogens is 146 g/mol. The summed E-state index contributed by atoms with van der Waals surface area (Å²) in [5.74, 6) is -1.07. The standard InChI is InChI=1S/C3H3N3O2.ClH/c7-3(8)2-1-4-6-5-2;/h1H,(H,7,8)(H,4,5,6);1H. The SMILES string of the molecule is Cl.O=C(O)c1c[nH]nn1. The Morgan fingerprint density at radius 3 is 2.67 bits per heavy atom. The van der Waals surface area contributed by atoms with E-state index in [1.54, 1.807) is 0 Å². The fourth-order valence-corrected chi connectivity index (χ4v) is 0.306. The van der Waals surface area contributed by atoms with Crippen molar-refractivity contribution < 1.29 is 9.90 Å². The Morgan fingerprint density at radius 2 is 2.44 bits per heavy atom. The molecule has 0 radical (unpaired) electrons. The van der Waals surface area contributed by atoms with E-state index in [4.69, 9.17) is 5.11 Å². The van der Waals surface area contributed by atoms with E-state index in [1.807, 2.05) is 0 Å². The van der Waals surface area contributed by atoms with Gasteiger partial charge in [0.25, 0.3) is 0 Å². The number of nitrogens with zero attached hydrogens (tertiary/aromatic N) is 2. The van der Waals surface area contributed by atoms with Gasteiger partial charge < -0.3 is 5.11 Å². The molecule has 50 valence electrons. The minimum absolute atomic E-state index is 0. The topological polar surface area (TPSA) is 78.9 Å². The Bertz CT molecular complexity index is 185. The lowest BCUT2D eigenvalue weighted by Crippen LogP contribution is -1.95. The molecule has 0 aliphatic rings. The van der Waals surface area contributed by atoms with Crippen LogP contribution in [-0.4, -0.2) is 26.5 Å². The summed E-state index contributed by atoms with van der Waals surface area (Å²) in [5.41, 5.74) is -0.0648. The number of carbonyl (C=O) groups is 1. The summed E-state index contributed by atoms with van der Waals surface area (Å²) in [6.45, 7) is 0. The molecule has 2 N–H and O–H groups in total. The summed E-state index contributed by atoms with van der Waals surface area (Å²) in [7, 11) is 0. The Balaban J connectivity index is 0.000000640. The molecule has 9 heavy (non-hydrogen) atoms. The molecule has 0 unspecified atom stereocenters. The van der Waals surface area contributed by atoms with Crippen LogP contribution in [0.2, 0.25) is 0 Å². The van der Waals surface area contributed by atoms with Gasteiger partial charge in [-0.15, -0.1) is 17.5 Å². The van der Waals surface area contributed by atoms with Gasteiger partial charge in [0.2, 0.25) is 0 Å². The van der Waals surface area contributed by atoms with Crippen molar-refractivity contribution in [1.82, 2.24) is 15.4 Å². The molecule has 0 fully saturated rings. The van der Waals surface area contributed by atoms with E-state index in [2.05, 4.69) is 15.4 Å². The van der Waals surface area contributed by atoms with Gasteiger partial charge in [-0.2, -0.15) is 0 Å².